The Morgan fingerprint density at radius 1 is 1.39 bits per heavy atom. The molecule has 0 aliphatic heterocycles. The van der Waals surface area contributed by atoms with Crippen LogP contribution in [0, 0.1) is 5.82 Å². The molecular formula is C14H14ClFN2. The van der Waals surface area contributed by atoms with E-state index in [9.17, 15) is 4.39 Å². The highest BCUT2D eigenvalue weighted by Gasteiger charge is 2.07. The summed E-state index contributed by atoms with van der Waals surface area (Å²) in [5, 5.41) is 3.67. The second kappa shape index (κ2) is 5.94. The molecular weight excluding hydrogens is 251 g/mol. The molecule has 1 heterocycles. The molecule has 0 unspecified atom stereocenters. The Balaban J connectivity index is 1.99. The minimum Gasteiger partial charge on any atom is -0.306 e. The van der Waals surface area contributed by atoms with Gasteiger partial charge in [-0.05, 0) is 30.7 Å². The van der Waals surface area contributed by atoms with Crippen molar-refractivity contribution in [1.82, 2.24) is 10.3 Å². The number of halogens is 2. The lowest BCUT2D eigenvalue weighted by Gasteiger charge is -2.14. The smallest absolute Gasteiger partial charge is 0.129 e. The van der Waals surface area contributed by atoms with Crippen molar-refractivity contribution in [3.05, 3.63) is 64.7 Å². The van der Waals surface area contributed by atoms with Gasteiger partial charge in [0, 0.05) is 35.6 Å². The lowest BCUT2D eigenvalue weighted by Crippen LogP contribution is -2.18. The van der Waals surface area contributed by atoms with E-state index < -0.39 is 0 Å². The van der Waals surface area contributed by atoms with Crippen molar-refractivity contribution in [1.29, 1.82) is 0 Å². The van der Waals surface area contributed by atoms with Crippen molar-refractivity contribution in [2.75, 3.05) is 0 Å². The van der Waals surface area contributed by atoms with Crippen molar-refractivity contribution in [3.8, 4) is 0 Å². The number of hydrogen-bond acceptors (Lipinski definition) is 2. The van der Waals surface area contributed by atoms with Crippen LogP contribution < -0.4 is 5.32 Å². The molecule has 1 aromatic carbocycles. The molecule has 2 nitrogen and oxygen atoms in total. The van der Waals surface area contributed by atoms with Gasteiger partial charge in [0.2, 0.25) is 0 Å². The third-order valence-corrected chi connectivity index (χ3v) is 3.03. The summed E-state index contributed by atoms with van der Waals surface area (Å²) in [6, 6.07) is 8.71. The summed E-state index contributed by atoms with van der Waals surface area (Å²) in [5.74, 6) is -0.284. The Bertz CT molecular complexity index is 516. The van der Waals surface area contributed by atoms with E-state index in [-0.39, 0.29) is 11.9 Å². The molecule has 0 spiro atoms. The summed E-state index contributed by atoms with van der Waals surface area (Å²) in [6.07, 6.45) is 3.53. The molecule has 1 aromatic heterocycles. The fourth-order valence-electron chi connectivity index (χ4n) is 1.68. The zero-order valence-corrected chi connectivity index (χ0v) is 10.8. The third-order valence-electron chi connectivity index (χ3n) is 2.80. The third kappa shape index (κ3) is 3.28. The van der Waals surface area contributed by atoms with Crippen LogP contribution >= 0.6 is 11.6 Å². The van der Waals surface area contributed by atoms with Gasteiger partial charge in [-0.2, -0.15) is 0 Å². The highest BCUT2D eigenvalue weighted by molar-refractivity contribution is 6.30. The van der Waals surface area contributed by atoms with Crippen molar-refractivity contribution < 1.29 is 4.39 Å². The van der Waals surface area contributed by atoms with Gasteiger partial charge in [0.05, 0.1) is 0 Å². The van der Waals surface area contributed by atoms with Gasteiger partial charge >= 0.3 is 0 Å². The molecule has 2 rings (SSSR count). The summed E-state index contributed by atoms with van der Waals surface area (Å²) in [5.41, 5.74) is 1.68. The maximum absolute atomic E-state index is 13.6. The Labute approximate surface area is 111 Å². The highest BCUT2D eigenvalue weighted by Crippen LogP contribution is 2.16. The lowest BCUT2D eigenvalue weighted by atomic mass is 10.1. The second-order valence-electron chi connectivity index (χ2n) is 4.12. The summed E-state index contributed by atoms with van der Waals surface area (Å²) >= 11 is 5.71. The van der Waals surface area contributed by atoms with E-state index in [0.717, 1.165) is 5.56 Å². The van der Waals surface area contributed by atoms with Crippen LogP contribution in [0.4, 0.5) is 4.39 Å². The van der Waals surface area contributed by atoms with E-state index in [1.54, 1.807) is 24.5 Å². The Hall–Kier alpha value is -1.45. The number of benzene rings is 1. The average molecular weight is 265 g/mol. The summed E-state index contributed by atoms with van der Waals surface area (Å²) in [6.45, 7) is 2.48. The first-order valence-electron chi connectivity index (χ1n) is 5.74. The van der Waals surface area contributed by atoms with E-state index in [4.69, 9.17) is 11.6 Å². The molecule has 0 saturated heterocycles. The van der Waals surface area contributed by atoms with Crippen LogP contribution in [0.5, 0.6) is 0 Å². The first kappa shape index (κ1) is 13.0. The van der Waals surface area contributed by atoms with Gasteiger partial charge in [-0.1, -0.05) is 23.7 Å². The van der Waals surface area contributed by atoms with E-state index in [0.29, 0.717) is 17.1 Å². The van der Waals surface area contributed by atoms with E-state index >= 15 is 0 Å². The second-order valence-corrected chi connectivity index (χ2v) is 4.56. The van der Waals surface area contributed by atoms with E-state index in [1.165, 1.54) is 6.07 Å². The first-order valence-corrected chi connectivity index (χ1v) is 6.12. The molecule has 2 aromatic rings. The Kier molecular flexibility index (Phi) is 4.28. The molecule has 0 aliphatic rings. The van der Waals surface area contributed by atoms with Gasteiger partial charge in [-0.15, -0.1) is 0 Å². The fraction of sp³-hybridized carbons (Fsp3) is 0.214. The van der Waals surface area contributed by atoms with Crippen molar-refractivity contribution >= 4 is 11.6 Å². The Morgan fingerprint density at radius 3 is 2.89 bits per heavy atom. The molecule has 0 saturated carbocycles. The predicted octanol–water partition coefficient (Wildman–Crippen LogP) is 3.72. The van der Waals surface area contributed by atoms with Crippen LogP contribution in [0.25, 0.3) is 0 Å². The van der Waals surface area contributed by atoms with E-state index in [1.807, 2.05) is 19.1 Å². The van der Waals surface area contributed by atoms with E-state index in [2.05, 4.69) is 10.3 Å². The van der Waals surface area contributed by atoms with Crippen molar-refractivity contribution in [2.45, 2.75) is 19.5 Å². The molecule has 94 valence electrons. The van der Waals surface area contributed by atoms with Gasteiger partial charge < -0.3 is 5.32 Å². The van der Waals surface area contributed by atoms with Gasteiger partial charge in [-0.25, -0.2) is 4.39 Å². The fourth-order valence-corrected chi connectivity index (χ4v) is 1.84. The van der Waals surface area contributed by atoms with Gasteiger partial charge in [0.25, 0.3) is 0 Å². The number of nitrogens with one attached hydrogen (secondary N) is 1. The largest absolute Gasteiger partial charge is 0.306 e. The zero-order valence-electron chi connectivity index (χ0n) is 10.0. The zero-order chi connectivity index (χ0) is 13.0. The number of aromatic nitrogens is 1. The molecule has 1 atom stereocenters. The molecule has 0 amide bonds. The molecule has 18 heavy (non-hydrogen) atoms. The minimum atomic E-state index is -0.284. The van der Waals surface area contributed by atoms with Crippen LogP contribution in [0.15, 0.2) is 42.7 Å². The monoisotopic (exact) mass is 264 g/mol. The number of rotatable bonds is 4. The topological polar surface area (TPSA) is 24.9 Å². The minimum absolute atomic E-state index is 0.119. The standard InChI is InChI=1S/C14H14ClFN2/c1-10(11-3-2-6-17-8-11)18-9-12-4-5-13(15)7-14(12)16/h2-8,10,18H,9H2,1H3/t10-/m1/s1. The van der Waals surface area contributed by atoms with Gasteiger partial charge in [-0.3, -0.25) is 4.98 Å². The average Bonchev–Trinajstić information content (AvgIpc) is 2.38. The maximum Gasteiger partial charge on any atom is 0.129 e. The SMILES string of the molecule is C[C@@H](NCc1ccc(Cl)cc1F)c1cccnc1. The van der Waals surface area contributed by atoms with Crippen LogP contribution in [-0.4, -0.2) is 4.98 Å². The molecule has 0 fully saturated rings. The highest BCUT2D eigenvalue weighted by atomic mass is 35.5. The molecule has 0 bridgehead atoms. The summed E-state index contributed by atoms with van der Waals surface area (Å²) in [4.78, 5) is 4.06. The molecule has 4 heteroatoms. The predicted molar refractivity (Wildman–Crippen MR) is 70.9 cm³/mol. The summed E-state index contributed by atoms with van der Waals surface area (Å²) in [7, 11) is 0. The molecule has 0 aliphatic carbocycles. The van der Waals surface area contributed by atoms with Crippen LogP contribution in [0.1, 0.15) is 24.1 Å². The quantitative estimate of drug-likeness (QED) is 0.910. The first-order chi connectivity index (χ1) is 8.66. The number of nitrogens with zero attached hydrogens (tertiary/aromatic N) is 1. The molecule has 1 N–H and O–H groups in total. The normalized spacial score (nSPS) is 12.4. The van der Waals surface area contributed by atoms with Crippen molar-refractivity contribution in [3.63, 3.8) is 0 Å². The van der Waals surface area contributed by atoms with Crippen molar-refractivity contribution in [2.24, 2.45) is 0 Å². The maximum atomic E-state index is 13.6. The van der Waals surface area contributed by atoms with Gasteiger partial charge in [0.1, 0.15) is 5.82 Å². The summed E-state index contributed by atoms with van der Waals surface area (Å²) < 4.78 is 13.6. The van der Waals surface area contributed by atoms with Gasteiger partial charge in [0.15, 0.2) is 0 Å². The number of pyridine rings is 1. The Morgan fingerprint density at radius 2 is 2.22 bits per heavy atom. The van der Waals surface area contributed by atoms with Crippen LogP contribution in [-0.2, 0) is 6.54 Å². The van der Waals surface area contributed by atoms with Crippen LogP contribution in [0.3, 0.4) is 0 Å². The number of hydrogen-bond donors (Lipinski definition) is 1. The molecule has 0 radical (unpaired) electrons. The lowest BCUT2D eigenvalue weighted by molar-refractivity contribution is 0.543. The van der Waals surface area contributed by atoms with Crippen LogP contribution in [0.2, 0.25) is 5.02 Å².